The van der Waals surface area contributed by atoms with Crippen molar-refractivity contribution in [2.45, 2.75) is 0 Å². The highest BCUT2D eigenvalue weighted by Gasteiger charge is 2.20. The molecule has 4 heteroatoms. The predicted octanol–water partition coefficient (Wildman–Crippen LogP) is 4.00. The third kappa shape index (κ3) is 1.66. The lowest BCUT2D eigenvalue weighted by Gasteiger charge is -2.25. The molecule has 0 N–H and O–H groups in total. The zero-order chi connectivity index (χ0) is 11.0. The van der Waals surface area contributed by atoms with E-state index in [0.717, 1.165) is 16.9 Å². The Bertz CT molecular complexity index is 477. The summed E-state index contributed by atoms with van der Waals surface area (Å²) in [6, 6.07) is 5.39. The number of amidine groups is 1. The maximum absolute atomic E-state index is 5.96. The van der Waals surface area contributed by atoms with Gasteiger partial charge in [0.2, 0.25) is 5.29 Å². The summed E-state index contributed by atoms with van der Waals surface area (Å²) in [6.45, 7) is 7.58. The van der Waals surface area contributed by atoms with Gasteiger partial charge < -0.3 is 0 Å². The van der Waals surface area contributed by atoms with E-state index in [1.807, 2.05) is 12.1 Å². The Morgan fingerprint density at radius 1 is 1.33 bits per heavy atom. The van der Waals surface area contributed by atoms with E-state index in [-0.39, 0.29) is 0 Å². The maximum Gasteiger partial charge on any atom is 0.207 e. The lowest BCUT2D eigenvalue weighted by atomic mass is 10.1. The first-order chi connectivity index (χ1) is 7.13. The molecule has 0 radical (unpaired) electrons. The van der Waals surface area contributed by atoms with Crippen molar-refractivity contribution >= 4 is 39.9 Å². The molecule has 0 spiro atoms. The SMILES string of the molecule is C=CN1C(=C)c2cc(Cl)ccc2N=C1Cl. The highest BCUT2D eigenvalue weighted by molar-refractivity contribution is 6.65. The van der Waals surface area contributed by atoms with E-state index in [0.29, 0.717) is 10.3 Å². The summed E-state index contributed by atoms with van der Waals surface area (Å²) in [5, 5.41) is 0.983. The summed E-state index contributed by atoms with van der Waals surface area (Å²) in [5.41, 5.74) is 2.36. The van der Waals surface area contributed by atoms with E-state index in [2.05, 4.69) is 18.2 Å². The Morgan fingerprint density at radius 2 is 2.07 bits per heavy atom. The van der Waals surface area contributed by atoms with Crippen LogP contribution in [0.5, 0.6) is 0 Å². The van der Waals surface area contributed by atoms with Gasteiger partial charge in [-0.05, 0) is 29.8 Å². The van der Waals surface area contributed by atoms with Crippen LogP contribution >= 0.6 is 23.2 Å². The van der Waals surface area contributed by atoms with Crippen LogP contribution in [0.4, 0.5) is 5.69 Å². The van der Waals surface area contributed by atoms with Crippen LogP contribution in [0.25, 0.3) is 5.70 Å². The quantitative estimate of drug-likeness (QED) is 0.676. The molecule has 0 saturated carbocycles. The molecule has 0 saturated heterocycles. The average Bonchev–Trinajstić information content (AvgIpc) is 2.20. The summed E-state index contributed by atoms with van der Waals surface area (Å²) < 4.78 is 0. The Kier molecular flexibility index (Phi) is 2.55. The summed E-state index contributed by atoms with van der Waals surface area (Å²) in [6.07, 6.45) is 1.57. The van der Waals surface area contributed by atoms with Gasteiger partial charge in [-0.1, -0.05) is 24.8 Å². The van der Waals surface area contributed by atoms with Gasteiger partial charge in [0.25, 0.3) is 0 Å². The van der Waals surface area contributed by atoms with Gasteiger partial charge in [-0.25, -0.2) is 4.99 Å². The standard InChI is InChI=1S/C11H8Cl2N2/c1-3-15-7(2)9-6-8(12)4-5-10(9)14-11(15)13/h3-6H,1-2H2. The number of fused-ring (bicyclic) bond motifs is 1. The number of aliphatic imine (C=N–C) groups is 1. The molecular weight excluding hydrogens is 231 g/mol. The van der Waals surface area contributed by atoms with Crippen LogP contribution < -0.4 is 0 Å². The summed E-state index contributed by atoms with van der Waals surface area (Å²) in [4.78, 5) is 5.82. The van der Waals surface area contributed by atoms with E-state index in [1.54, 1.807) is 17.2 Å². The van der Waals surface area contributed by atoms with Crippen LogP contribution in [-0.2, 0) is 0 Å². The first kappa shape index (κ1) is 10.3. The summed E-state index contributed by atoms with van der Waals surface area (Å²) in [5.74, 6) is 0. The second kappa shape index (κ2) is 3.72. The van der Waals surface area contributed by atoms with Crippen molar-refractivity contribution in [1.29, 1.82) is 0 Å². The fourth-order valence-electron chi connectivity index (χ4n) is 1.42. The van der Waals surface area contributed by atoms with Gasteiger partial charge in [-0.3, -0.25) is 4.90 Å². The van der Waals surface area contributed by atoms with Gasteiger partial charge in [0, 0.05) is 16.8 Å². The highest BCUT2D eigenvalue weighted by atomic mass is 35.5. The first-order valence-corrected chi connectivity index (χ1v) is 5.04. The molecule has 15 heavy (non-hydrogen) atoms. The van der Waals surface area contributed by atoms with E-state index in [9.17, 15) is 0 Å². The van der Waals surface area contributed by atoms with Crippen molar-refractivity contribution in [3.05, 3.63) is 48.1 Å². The second-order valence-electron chi connectivity index (χ2n) is 3.04. The van der Waals surface area contributed by atoms with Crippen molar-refractivity contribution < 1.29 is 0 Å². The zero-order valence-corrected chi connectivity index (χ0v) is 9.39. The molecule has 1 aliphatic heterocycles. The summed E-state index contributed by atoms with van der Waals surface area (Å²) in [7, 11) is 0. The van der Waals surface area contributed by atoms with Crippen LogP contribution in [0, 0.1) is 0 Å². The molecule has 0 aromatic heterocycles. The first-order valence-electron chi connectivity index (χ1n) is 4.28. The minimum absolute atomic E-state index is 0.338. The molecule has 1 heterocycles. The fraction of sp³-hybridized carbons (Fsp3) is 0. The Hall–Kier alpha value is -1.25. The van der Waals surface area contributed by atoms with Crippen LogP contribution in [0.1, 0.15) is 5.56 Å². The minimum atomic E-state index is 0.338. The average molecular weight is 239 g/mol. The van der Waals surface area contributed by atoms with E-state index < -0.39 is 0 Å². The molecule has 0 atom stereocenters. The van der Waals surface area contributed by atoms with Crippen LogP contribution in [0.2, 0.25) is 5.02 Å². The van der Waals surface area contributed by atoms with Crippen molar-refractivity contribution in [1.82, 2.24) is 4.90 Å². The van der Waals surface area contributed by atoms with Gasteiger partial charge in [-0.2, -0.15) is 0 Å². The topological polar surface area (TPSA) is 15.6 Å². The fourth-order valence-corrected chi connectivity index (χ4v) is 1.85. The zero-order valence-electron chi connectivity index (χ0n) is 7.87. The normalized spacial score (nSPS) is 14.7. The molecule has 0 amide bonds. The van der Waals surface area contributed by atoms with Gasteiger partial charge in [-0.15, -0.1) is 0 Å². The Labute approximate surface area is 98.1 Å². The lowest BCUT2D eigenvalue weighted by Crippen LogP contribution is -2.21. The Balaban J connectivity index is 2.62. The van der Waals surface area contributed by atoms with Crippen molar-refractivity contribution in [2.75, 3.05) is 0 Å². The maximum atomic E-state index is 5.96. The van der Waals surface area contributed by atoms with Gasteiger partial charge in [0.15, 0.2) is 0 Å². The molecule has 1 aromatic rings. The monoisotopic (exact) mass is 238 g/mol. The third-order valence-corrected chi connectivity index (χ3v) is 2.66. The van der Waals surface area contributed by atoms with Gasteiger partial charge in [0.05, 0.1) is 11.4 Å². The van der Waals surface area contributed by atoms with E-state index in [1.165, 1.54) is 0 Å². The molecule has 1 aromatic carbocycles. The number of halogens is 2. The lowest BCUT2D eigenvalue weighted by molar-refractivity contribution is 0.802. The van der Waals surface area contributed by atoms with Crippen LogP contribution in [0.15, 0.2) is 42.5 Å². The number of benzene rings is 1. The minimum Gasteiger partial charge on any atom is -0.293 e. The molecule has 2 nitrogen and oxygen atoms in total. The number of hydrogen-bond acceptors (Lipinski definition) is 2. The van der Waals surface area contributed by atoms with Crippen molar-refractivity contribution in [3.8, 4) is 0 Å². The van der Waals surface area contributed by atoms with Crippen LogP contribution in [0.3, 0.4) is 0 Å². The smallest absolute Gasteiger partial charge is 0.207 e. The molecular formula is C11H8Cl2N2. The molecule has 76 valence electrons. The van der Waals surface area contributed by atoms with E-state index >= 15 is 0 Å². The molecule has 0 unspecified atom stereocenters. The van der Waals surface area contributed by atoms with Gasteiger partial charge in [0.1, 0.15) is 0 Å². The molecule has 2 rings (SSSR count). The van der Waals surface area contributed by atoms with Crippen molar-refractivity contribution in [3.63, 3.8) is 0 Å². The number of nitrogens with zero attached hydrogens (tertiary/aromatic N) is 2. The number of rotatable bonds is 1. The highest BCUT2D eigenvalue weighted by Crippen LogP contribution is 2.35. The second-order valence-corrected chi connectivity index (χ2v) is 3.82. The number of hydrogen-bond donors (Lipinski definition) is 0. The molecule has 0 fully saturated rings. The van der Waals surface area contributed by atoms with E-state index in [4.69, 9.17) is 23.2 Å². The molecule has 0 aliphatic carbocycles. The van der Waals surface area contributed by atoms with Gasteiger partial charge >= 0.3 is 0 Å². The molecule has 1 aliphatic rings. The Morgan fingerprint density at radius 3 is 2.73 bits per heavy atom. The third-order valence-electron chi connectivity index (χ3n) is 2.15. The largest absolute Gasteiger partial charge is 0.293 e. The summed E-state index contributed by atoms with van der Waals surface area (Å²) >= 11 is 11.9. The molecule has 0 bridgehead atoms. The van der Waals surface area contributed by atoms with Crippen molar-refractivity contribution in [2.24, 2.45) is 4.99 Å². The van der Waals surface area contributed by atoms with Crippen LogP contribution in [-0.4, -0.2) is 10.2 Å². The predicted molar refractivity (Wildman–Crippen MR) is 65.5 cm³/mol.